The molecule has 3 rings (SSSR count). The summed E-state index contributed by atoms with van der Waals surface area (Å²) in [7, 11) is 0. The molecule has 0 unspecified atom stereocenters. The fourth-order valence-electron chi connectivity index (χ4n) is 2.62. The highest BCUT2D eigenvalue weighted by atomic mass is 16.1. The number of aromatic amines is 2. The molecule has 0 aliphatic carbocycles. The summed E-state index contributed by atoms with van der Waals surface area (Å²) in [5.74, 6) is 0.0400. The number of aryl methyl sites for hydroxylation is 2. The van der Waals surface area contributed by atoms with Crippen molar-refractivity contribution >= 4 is 5.78 Å². The standard InChI is InChI=1S/C18H18N2O/c1-11-9-20-17(12(11)2)18(21)16-13(3)19-10-15(16)14-7-5-4-6-8-14/h4-10,19-20H,1-3H3. The smallest absolute Gasteiger partial charge is 0.211 e. The van der Waals surface area contributed by atoms with Crippen LogP contribution in [0.2, 0.25) is 0 Å². The number of H-pyrrole nitrogens is 2. The van der Waals surface area contributed by atoms with E-state index in [1.807, 2.05) is 63.5 Å². The summed E-state index contributed by atoms with van der Waals surface area (Å²) in [6.07, 6.45) is 3.79. The van der Waals surface area contributed by atoms with Gasteiger partial charge in [-0.15, -0.1) is 0 Å². The largest absolute Gasteiger partial charge is 0.364 e. The third-order valence-electron chi connectivity index (χ3n) is 4.02. The summed E-state index contributed by atoms with van der Waals surface area (Å²) in [4.78, 5) is 19.2. The van der Waals surface area contributed by atoms with Crippen LogP contribution in [0.1, 0.15) is 32.9 Å². The van der Waals surface area contributed by atoms with Crippen molar-refractivity contribution in [3.63, 3.8) is 0 Å². The molecule has 3 aromatic rings. The number of carbonyl (C=O) groups is 1. The van der Waals surface area contributed by atoms with Crippen LogP contribution in [0.5, 0.6) is 0 Å². The second-order valence-corrected chi connectivity index (χ2v) is 5.37. The number of hydrogen-bond donors (Lipinski definition) is 2. The third-order valence-corrected chi connectivity index (χ3v) is 4.02. The molecule has 1 aromatic carbocycles. The normalized spacial score (nSPS) is 10.8. The van der Waals surface area contributed by atoms with Crippen molar-refractivity contribution in [2.75, 3.05) is 0 Å². The van der Waals surface area contributed by atoms with E-state index in [2.05, 4.69) is 9.97 Å². The zero-order valence-electron chi connectivity index (χ0n) is 12.4. The van der Waals surface area contributed by atoms with E-state index in [1.54, 1.807) is 0 Å². The van der Waals surface area contributed by atoms with Crippen molar-refractivity contribution in [2.24, 2.45) is 0 Å². The maximum absolute atomic E-state index is 12.9. The van der Waals surface area contributed by atoms with Gasteiger partial charge in [0.1, 0.15) is 0 Å². The molecule has 2 N–H and O–H groups in total. The van der Waals surface area contributed by atoms with E-state index in [9.17, 15) is 4.79 Å². The fraction of sp³-hybridized carbons (Fsp3) is 0.167. The number of aromatic nitrogens is 2. The molecule has 2 heterocycles. The molecule has 0 radical (unpaired) electrons. The fourth-order valence-corrected chi connectivity index (χ4v) is 2.62. The van der Waals surface area contributed by atoms with Gasteiger partial charge >= 0.3 is 0 Å². The monoisotopic (exact) mass is 278 g/mol. The first-order chi connectivity index (χ1) is 10.1. The van der Waals surface area contributed by atoms with Gasteiger partial charge in [0, 0.05) is 23.7 Å². The van der Waals surface area contributed by atoms with E-state index < -0.39 is 0 Å². The molecule has 0 saturated carbocycles. The minimum Gasteiger partial charge on any atom is -0.364 e. The van der Waals surface area contributed by atoms with Crippen LogP contribution in [-0.4, -0.2) is 15.8 Å². The number of nitrogens with one attached hydrogen (secondary N) is 2. The molecule has 0 fully saturated rings. The Kier molecular flexibility index (Phi) is 3.26. The van der Waals surface area contributed by atoms with E-state index in [0.717, 1.165) is 33.5 Å². The summed E-state index contributed by atoms with van der Waals surface area (Å²) in [5, 5.41) is 0. The summed E-state index contributed by atoms with van der Waals surface area (Å²) in [6.45, 7) is 5.92. The van der Waals surface area contributed by atoms with Crippen molar-refractivity contribution < 1.29 is 4.79 Å². The Morgan fingerprint density at radius 1 is 0.952 bits per heavy atom. The summed E-state index contributed by atoms with van der Waals surface area (Å²) < 4.78 is 0. The molecule has 3 nitrogen and oxygen atoms in total. The molecule has 0 amide bonds. The van der Waals surface area contributed by atoms with Crippen molar-refractivity contribution in [2.45, 2.75) is 20.8 Å². The lowest BCUT2D eigenvalue weighted by Gasteiger charge is -2.05. The first-order valence-electron chi connectivity index (χ1n) is 7.02. The van der Waals surface area contributed by atoms with Crippen LogP contribution < -0.4 is 0 Å². The van der Waals surface area contributed by atoms with Crippen molar-refractivity contribution in [3.8, 4) is 11.1 Å². The number of benzene rings is 1. The van der Waals surface area contributed by atoms with Gasteiger partial charge in [0.2, 0.25) is 5.78 Å². The number of carbonyl (C=O) groups excluding carboxylic acids is 1. The Bertz CT molecular complexity index is 794. The first kappa shape index (κ1) is 13.4. The molecule has 106 valence electrons. The minimum absolute atomic E-state index is 0.0400. The molecule has 2 aromatic heterocycles. The lowest BCUT2D eigenvalue weighted by Crippen LogP contribution is -2.06. The van der Waals surface area contributed by atoms with Crippen LogP contribution >= 0.6 is 0 Å². The number of ketones is 1. The quantitative estimate of drug-likeness (QED) is 0.694. The molecule has 0 bridgehead atoms. The van der Waals surface area contributed by atoms with Crippen LogP contribution in [-0.2, 0) is 0 Å². The second kappa shape index (κ2) is 5.09. The van der Waals surface area contributed by atoms with Gasteiger partial charge in [-0.25, -0.2) is 0 Å². The van der Waals surface area contributed by atoms with Crippen LogP contribution in [0.25, 0.3) is 11.1 Å². The van der Waals surface area contributed by atoms with E-state index in [-0.39, 0.29) is 5.78 Å². The Hall–Kier alpha value is -2.55. The lowest BCUT2D eigenvalue weighted by atomic mass is 9.97. The SMILES string of the molecule is Cc1c[nH]c(C(=O)c2c(-c3ccccc3)c[nH]c2C)c1C. The van der Waals surface area contributed by atoms with Crippen molar-refractivity contribution in [1.29, 1.82) is 0 Å². The summed E-state index contributed by atoms with van der Waals surface area (Å²) in [6, 6.07) is 9.98. The number of rotatable bonds is 3. The average Bonchev–Trinajstić information content (AvgIpc) is 3.04. The van der Waals surface area contributed by atoms with E-state index >= 15 is 0 Å². The zero-order chi connectivity index (χ0) is 15.0. The highest BCUT2D eigenvalue weighted by Gasteiger charge is 2.21. The predicted octanol–water partition coefficient (Wildman–Crippen LogP) is 4.17. The highest BCUT2D eigenvalue weighted by molar-refractivity contribution is 6.13. The molecule has 0 aliphatic rings. The van der Waals surface area contributed by atoms with Gasteiger partial charge in [-0.2, -0.15) is 0 Å². The molecular weight excluding hydrogens is 260 g/mol. The predicted molar refractivity (Wildman–Crippen MR) is 84.7 cm³/mol. The maximum atomic E-state index is 12.9. The average molecular weight is 278 g/mol. The van der Waals surface area contributed by atoms with Gasteiger partial charge in [-0.05, 0) is 37.5 Å². The van der Waals surface area contributed by atoms with Crippen molar-refractivity contribution in [1.82, 2.24) is 9.97 Å². The molecule has 0 aliphatic heterocycles. The van der Waals surface area contributed by atoms with Gasteiger partial charge in [-0.1, -0.05) is 30.3 Å². The van der Waals surface area contributed by atoms with Crippen molar-refractivity contribution in [3.05, 3.63) is 70.8 Å². The minimum atomic E-state index is 0.0400. The van der Waals surface area contributed by atoms with Crippen LogP contribution in [0, 0.1) is 20.8 Å². The van der Waals surface area contributed by atoms with Crippen LogP contribution in [0.3, 0.4) is 0 Å². The third kappa shape index (κ3) is 2.21. The first-order valence-corrected chi connectivity index (χ1v) is 7.02. The molecule has 0 saturated heterocycles. The van der Waals surface area contributed by atoms with Gasteiger partial charge in [0.25, 0.3) is 0 Å². The molecule has 0 atom stereocenters. The van der Waals surface area contributed by atoms with E-state index in [4.69, 9.17) is 0 Å². The molecule has 0 spiro atoms. The second-order valence-electron chi connectivity index (χ2n) is 5.37. The van der Waals surface area contributed by atoms with Gasteiger partial charge in [0.15, 0.2) is 0 Å². The lowest BCUT2D eigenvalue weighted by molar-refractivity contribution is 0.103. The zero-order valence-corrected chi connectivity index (χ0v) is 12.4. The summed E-state index contributed by atoms with van der Waals surface area (Å²) in [5.41, 5.74) is 6.42. The van der Waals surface area contributed by atoms with Gasteiger partial charge in [0.05, 0.1) is 11.3 Å². The molecular formula is C18H18N2O. The molecule has 3 heteroatoms. The molecule has 21 heavy (non-hydrogen) atoms. The summed E-state index contributed by atoms with van der Waals surface area (Å²) >= 11 is 0. The van der Waals surface area contributed by atoms with Crippen LogP contribution in [0.4, 0.5) is 0 Å². The Morgan fingerprint density at radius 3 is 2.29 bits per heavy atom. The van der Waals surface area contributed by atoms with Gasteiger partial charge < -0.3 is 9.97 Å². The topological polar surface area (TPSA) is 48.6 Å². The Morgan fingerprint density at radius 2 is 1.67 bits per heavy atom. The van der Waals surface area contributed by atoms with Crippen LogP contribution in [0.15, 0.2) is 42.7 Å². The Labute approximate surface area is 124 Å². The Balaban J connectivity index is 2.13. The van der Waals surface area contributed by atoms with E-state index in [1.165, 1.54) is 0 Å². The van der Waals surface area contributed by atoms with E-state index in [0.29, 0.717) is 5.69 Å². The van der Waals surface area contributed by atoms with Gasteiger partial charge in [-0.3, -0.25) is 4.79 Å². The highest BCUT2D eigenvalue weighted by Crippen LogP contribution is 2.29. The maximum Gasteiger partial charge on any atom is 0.211 e. The number of hydrogen-bond acceptors (Lipinski definition) is 1.